The van der Waals surface area contributed by atoms with Crippen LogP contribution in [0.1, 0.15) is 30.8 Å². The highest BCUT2D eigenvalue weighted by atomic mass is 16.5. The van der Waals surface area contributed by atoms with Gasteiger partial charge in [0.25, 0.3) is 0 Å². The van der Waals surface area contributed by atoms with Gasteiger partial charge in [0.2, 0.25) is 5.89 Å². The summed E-state index contributed by atoms with van der Waals surface area (Å²) in [6, 6.07) is 1.56. The molecule has 4 N–H and O–H groups in total. The minimum absolute atomic E-state index is 0.0325. The van der Waals surface area contributed by atoms with Crippen LogP contribution in [0.15, 0.2) is 53.7 Å². The molecule has 0 aliphatic rings. The first-order valence-electron chi connectivity index (χ1n) is 8.31. The van der Waals surface area contributed by atoms with Crippen LogP contribution >= 0.6 is 0 Å². The second kappa shape index (κ2) is 11.3. The van der Waals surface area contributed by atoms with E-state index in [2.05, 4.69) is 41.0 Å². The molecule has 9 heteroatoms. The van der Waals surface area contributed by atoms with Gasteiger partial charge in [0, 0.05) is 19.4 Å². The molecular formula is C18H25N5O4. The van der Waals surface area contributed by atoms with Gasteiger partial charge in [0.15, 0.2) is 5.69 Å². The highest BCUT2D eigenvalue weighted by Gasteiger charge is 2.17. The van der Waals surface area contributed by atoms with Crippen molar-refractivity contribution in [2.24, 2.45) is 0 Å². The minimum Gasteiger partial charge on any atom is -0.476 e. The zero-order chi connectivity index (χ0) is 20.2. The largest absolute Gasteiger partial charge is 0.476 e. The van der Waals surface area contributed by atoms with Crippen LogP contribution in [-0.4, -0.2) is 40.0 Å². The fraction of sp³-hybridized carbons (Fsp3) is 0.278. The number of carbonyl (C=O) groups is 1. The molecule has 2 aromatic rings. The van der Waals surface area contributed by atoms with E-state index in [1.165, 1.54) is 18.8 Å². The molecule has 2 aromatic heterocycles. The first kappa shape index (κ1) is 21.7. The van der Waals surface area contributed by atoms with Gasteiger partial charge >= 0.3 is 5.97 Å². The number of hydrogen-bond acceptors (Lipinski definition) is 8. The lowest BCUT2D eigenvalue weighted by molar-refractivity contribution is 0.0690. The number of aromatic nitrogens is 2. The van der Waals surface area contributed by atoms with Crippen LogP contribution in [-0.2, 0) is 0 Å². The van der Waals surface area contributed by atoms with Gasteiger partial charge in [-0.25, -0.2) is 14.8 Å². The summed E-state index contributed by atoms with van der Waals surface area (Å²) in [4.78, 5) is 18.7. The Morgan fingerprint density at radius 1 is 1.44 bits per heavy atom. The molecule has 0 amide bonds. The molecule has 0 atom stereocenters. The number of aromatic carboxylic acids is 1. The molecule has 27 heavy (non-hydrogen) atoms. The normalized spacial score (nSPS) is 10.4. The quantitative estimate of drug-likeness (QED) is 0.313. The van der Waals surface area contributed by atoms with E-state index in [0.717, 1.165) is 11.3 Å². The van der Waals surface area contributed by atoms with E-state index in [1.807, 2.05) is 0 Å². The summed E-state index contributed by atoms with van der Waals surface area (Å²) in [7, 11) is 1.74. The van der Waals surface area contributed by atoms with E-state index >= 15 is 0 Å². The smallest absolute Gasteiger partial charge is 0.357 e. The molecular weight excluding hydrogens is 350 g/mol. The van der Waals surface area contributed by atoms with Crippen molar-refractivity contribution in [2.45, 2.75) is 20.3 Å². The van der Waals surface area contributed by atoms with Crippen molar-refractivity contribution in [3.8, 4) is 11.5 Å². The average molecular weight is 375 g/mol. The summed E-state index contributed by atoms with van der Waals surface area (Å²) < 4.78 is 5.17. The van der Waals surface area contributed by atoms with E-state index in [1.54, 1.807) is 25.4 Å². The van der Waals surface area contributed by atoms with Crippen LogP contribution in [0.25, 0.3) is 11.5 Å². The van der Waals surface area contributed by atoms with Gasteiger partial charge in [-0.05, 0) is 12.1 Å². The number of rotatable bonds is 8. The molecule has 2 rings (SSSR count). The number of pyridine rings is 1. The van der Waals surface area contributed by atoms with Crippen molar-refractivity contribution in [1.82, 2.24) is 20.6 Å². The molecule has 0 unspecified atom stereocenters. The van der Waals surface area contributed by atoms with Crippen molar-refractivity contribution in [3.05, 3.63) is 55.0 Å². The maximum atomic E-state index is 10.9. The van der Waals surface area contributed by atoms with Gasteiger partial charge in [0.1, 0.15) is 12.9 Å². The standard InChI is InChI=1S/C15H17N5O4.C3H8/c1-3-10(6-16-2)18-9-20(23)13-7-17-5-4-11(13)14-19-12(8-24-14)15(21)22;1-3-2/h3-8,16,18,23H,1,9H2,2H3,(H,21,22);3H2,1-2H3/b10-6+;. The van der Waals surface area contributed by atoms with Crippen LogP contribution < -0.4 is 15.7 Å². The van der Waals surface area contributed by atoms with Crippen molar-refractivity contribution < 1.29 is 19.5 Å². The van der Waals surface area contributed by atoms with Gasteiger partial charge in [-0.3, -0.25) is 10.2 Å². The van der Waals surface area contributed by atoms with E-state index in [4.69, 9.17) is 9.52 Å². The second-order valence-corrected chi connectivity index (χ2v) is 5.27. The first-order chi connectivity index (χ1) is 13.0. The number of anilines is 1. The molecule has 0 aliphatic heterocycles. The Labute approximate surface area is 158 Å². The van der Waals surface area contributed by atoms with E-state index in [0.29, 0.717) is 16.9 Å². The minimum atomic E-state index is -1.20. The summed E-state index contributed by atoms with van der Waals surface area (Å²) in [6.45, 7) is 7.93. The molecule has 0 bridgehead atoms. The lowest BCUT2D eigenvalue weighted by atomic mass is 10.2. The Bertz CT molecular complexity index is 773. The number of carboxylic acids is 1. The third kappa shape index (κ3) is 6.48. The molecule has 0 aliphatic carbocycles. The van der Waals surface area contributed by atoms with Gasteiger partial charge < -0.3 is 20.2 Å². The number of hydroxylamine groups is 1. The third-order valence-corrected chi connectivity index (χ3v) is 2.98. The van der Waals surface area contributed by atoms with Gasteiger partial charge in [-0.1, -0.05) is 26.8 Å². The molecule has 0 radical (unpaired) electrons. The molecule has 0 aromatic carbocycles. The monoisotopic (exact) mass is 375 g/mol. The summed E-state index contributed by atoms with van der Waals surface area (Å²) in [5.41, 5.74) is 1.16. The number of allylic oxidation sites excluding steroid dienone is 1. The Morgan fingerprint density at radius 3 is 2.70 bits per heavy atom. The van der Waals surface area contributed by atoms with Crippen LogP contribution in [0.4, 0.5) is 5.69 Å². The van der Waals surface area contributed by atoms with Gasteiger partial charge in [0.05, 0.1) is 23.1 Å². The summed E-state index contributed by atoms with van der Waals surface area (Å²) >= 11 is 0. The predicted octanol–water partition coefficient (Wildman–Crippen LogP) is 2.84. The number of nitrogens with zero attached hydrogens (tertiary/aromatic N) is 3. The molecule has 146 valence electrons. The molecule has 0 saturated carbocycles. The van der Waals surface area contributed by atoms with Crippen molar-refractivity contribution >= 4 is 11.7 Å². The predicted molar refractivity (Wildman–Crippen MR) is 102 cm³/mol. The highest BCUT2D eigenvalue weighted by molar-refractivity contribution is 5.86. The van der Waals surface area contributed by atoms with E-state index < -0.39 is 5.97 Å². The SMILES string of the molecule is C=C/C(=C\NC)NCN(O)c1cnccc1-c1nc(C(=O)O)co1.CCC. The van der Waals surface area contributed by atoms with Gasteiger partial charge in [-0.2, -0.15) is 0 Å². The van der Waals surface area contributed by atoms with E-state index in [9.17, 15) is 10.0 Å². The Balaban J connectivity index is 0.00000114. The van der Waals surface area contributed by atoms with Crippen LogP contribution in [0.2, 0.25) is 0 Å². The van der Waals surface area contributed by atoms with Gasteiger partial charge in [-0.15, -0.1) is 0 Å². The lowest BCUT2D eigenvalue weighted by Gasteiger charge is -2.20. The topological polar surface area (TPSA) is 124 Å². The molecule has 0 saturated heterocycles. The Morgan fingerprint density at radius 2 is 2.15 bits per heavy atom. The van der Waals surface area contributed by atoms with Crippen LogP contribution in [0.5, 0.6) is 0 Å². The molecule has 0 fully saturated rings. The molecule has 0 spiro atoms. The lowest BCUT2D eigenvalue weighted by Crippen LogP contribution is -2.31. The molecule has 2 heterocycles. The number of carboxylic acid groups (broad SMARTS) is 1. The van der Waals surface area contributed by atoms with Crippen molar-refractivity contribution in [3.63, 3.8) is 0 Å². The van der Waals surface area contributed by atoms with Crippen molar-refractivity contribution in [1.29, 1.82) is 0 Å². The third-order valence-electron chi connectivity index (χ3n) is 2.98. The zero-order valence-corrected chi connectivity index (χ0v) is 15.6. The maximum Gasteiger partial charge on any atom is 0.357 e. The number of hydrogen-bond donors (Lipinski definition) is 4. The fourth-order valence-corrected chi connectivity index (χ4v) is 1.86. The van der Waals surface area contributed by atoms with Crippen LogP contribution in [0.3, 0.4) is 0 Å². The summed E-state index contributed by atoms with van der Waals surface area (Å²) in [5, 5.41) is 25.9. The number of oxazole rings is 1. The Hall–Kier alpha value is -3.33. The average Bonchev–Trinajstić information content (AvgIpc) is 3.16. The fourth-order valence-electron chi connectivity index (χ4n) is 1.86. The highest BCUT2D eigenvalue weighted by Crippen LogP contribution is 2.28. The zero-order valence-electron chi connectivity index (χ0n) is 15.6. The Kier molecular flexibility index (Phi) is 9.10. The maximum absolute atomic E-state index is 10.9. The number of nitrogens with one attached hydrogen (secondary N) is 2. The summed E-state index contributed by atoms with van der Waals surface area (Å²) in [6.07, 6.45) is 8.45. The summed E-state index contributed by atoms with van der Waals surface area (Å²) in [5.74, 6) is -1.13. The van der Waals surface area contributed by atoms with Crippen LogP contribution in [0, 0.1) is 0 Å². The first-order valence-corrected chi connectivity index (χ1v) is 8.31. The van der Waals surface area contributed by atoms with Crippen molar-refractivity contribution in [2.75, 3.05) is 18.8 Å². The second-order valence-electron chi connectivity index (χ2n) is 5.27. The molecule has 9 nitrogen and oxygen atoms in total. The van der Waals surface area contributed by atoms with E-state index in [-0.39, 0.29) is 18.3 Å².